The van der Waals surface area contributed by atoms with E-state index < -0.39 is 11.6 Å². The second kappa shape index (κ2) is 4.44. The fourth-order valence-electron chi connectivity index (χ4n) is 1.08. The maximum atomic E-state index is 13.3. The molecule has 0 saturated heterocycles. The maximum absolute atomic E-state index is 13.3. The van der Waals surface area contributed by atoms with Gasteiger partial charge in [-0.25, -0.2) is 18.7 Å². The van der Waals surface area contributed by atoms with Gasteiger partial charge in [0, 0.05) is 17.2 Å². The van der Waals surface area contributed by atoms with Crippen molar-refractivity contribution in [3.8, 4) is 0 Å². The first-order chi connectivity index (χ1) is 7.65. The van der Waals surface area contributed by atoms with Crippen LogP contribution in [0.4, 0.5) is 14.7 Å². The lowest BCUT2D eigenvalue weighted by Crippen LogP contribution is -1.94. The Bertz CT molecular complexity index is 519. The van der Waals surface area contributed by atoms with Gasteiger partial charge in [0.05, 0.1) is 0 Å². The summed E-state index contributed by atoms with van der Waals surface area (Å²) in [5.74, 6) is -1.11. The van der Waals surface area contributed by atoms with E-state index in [1.165, 1.54) is 18.3 Å². The van der Waals surface area contributed by atoms with E-state index in [4.69, 9.17) is 5.73 Å². The Hall–Kier alpha value is -1.69. The fraction of sp³-hybridized carbons (Fsp3) is 0. The molecule has 0 fully saturated rings. The van der Waals surface area contributed by atoms with E-state index in [2.05, 4.69) is 9.97 Å². The van der Waals surface area contributed by atoms with Crippen LogP contribution in [0.1, 0.15) is 0 Å². The largest absolute Gasteiger partial charge is 0.368 e. The second-order valence-corrected chi connectivity index (χ2v) is 3.99. The van der Waals surface area contributed by atoms with Crippen LogP contribution in [0.3, 0.4) is 0 Å². The van der Waals surface area contributed by atoms with Crippen LogP contribution >= 0.6 is 11.8 Å². The minimum Gasteiger partial charge on any atom is -0.368 e. The highest BCUT2D eigenvalue weighted by molar-refractivity contribution is 7.99. The molecule has 0 amide bonds. The molecule has 2 N–H and O–H groups in total. The zero-order valence-electron chi connectivity index (χ0n) is 8.02. The van der Waals surface area contributed by atoms with Crippen LogP contribution in [-0.2, 0) is 0 Å². The standard InChI is InChI=1S/C10H7F2N3S/c11-6-1-2-8(7(12)5-6)16-9-3-4-14-10(13)15-9/h1-5H,(H2,13,14,15). The van der Waals surface area contributed by atoms with Crippen molar-refractivity contribution in [1.82, 2.24) is 9.97 Å². The Labute approximate surface area is 94.7 Å². The summed E-state index contributed by atoms with van der Waals surface area (Å²) in [7, 11) is 0. The molecule has 0 radical (unpaired) electrons. The molecule has 2 rings (SSSR count). The van der Waals surface area contributed by atoms with Crippen LogP contribution < -0.4 is 5.73 Å². The average molecular weight is 239 g/mol. The zero-order chi connectivity index (χ0) is 11.5. The van der Waals surface area contributed by atoms with Gasteiger partial charge in [-0.2, -0.15) is 0 Å². The quantitative estimate of drug-likeness (QED) is 0.818. The first-order valence-corrected chi connectivity index (χ1v) is 5.18. The maximum Gasteiger partial charge on any atom is 0.221 e. The monoisotopic (exact) mass is 239 g/mol. The van der Waals surface area contributed by atoms with E-state index in [-0.39, 0.29) is 5.95 Å². The van der Waals surface area contributed by atoms with Gasteiger partial charge in [-0.1, -0.05) is 11.8 Å². The molecule has 16 heavy (non-hydrogen) atoms. The van der Waals surface area contributed by atoms with E-state index in [0.717, 1.165) is 17.8 Å². The van der Waals surface area contributed by atoms with E-state index in [9.17, 15) is 8.78 Å². The van der Waals surface area contributed by atoms with Gasteiger partial charge in [-0.15, -0.1) is 0 Å². The number of rotatable bonds is 2. The van der Waals surface area contributed by atoms with Crippen molar-refractivity contribution in [3.63, 3.8) is 0 Å². The molecule has 0 saturated carbocycles. The van der Waals surface area contributed by atoms with Crippen molar-refractivity contribution in [3.05, 3.63) is 42.1 Å². The zero-order valence-corrected chi connectivity index (χ0v) is 8.84. The minimum absolute atomic E-state index is 0.118. The summed E-state index contributed by atoms with van der Waals surface area (Å²) in [5.41, 5.74) is 5.39. The van der Waals surface area contributed by atoms with Gasteiger partial charge < -0.3 is 5.73 Å². The topological polar surface area (TPSA) is 51.8 Å². The van der Waals surface area contributed by atoms with Crippen LogP contribution in [0.5, 0.6) is 0 Å². The molecule has 3 nitrogen and oxygen atoms in total. The van der Waals surface area contributed by atoms with Gasteiger partial charge in [-0.3, -0.25) is 0 Å². The van der Waals surface area contributed by atoms with Crippen molar-refractivity contribution in [1.29, 1.82) is 0 Å². The third-order valence-corrected chi connectivity index (χ3v) is 2.74. The Morgan fingerprint density at radius 2 is 2.00 bits per heavy atom. The predicted octanol–water partition coefficient (Wildman–Crippen LogP) is 2.49. The lowest BCUT2D eigenvalue weighted by atomic mass is 10.3. The van der Waals surface area contributed by atoms with Gasteiger partial charge in [0.25, 0.3) is 0 Å². The Morgan fingerprint density at radius 1 is 1.19 bits per heavy atom. The van der Waals surface area contributed by atoms with Gasteiger partial charge in [0.2, 0.25) is 5.95 Å². The minimum atomic E-state index is -0.623. The molecule has 1 aromatic carbocycles. The summed E-state index contributed by atoms with van der Waals surface area (Å²) >= 11 is 1.06. The Kier molecular flexibility index (Phi) is 3.00. The molecular formula is C10H7F2N3S. The third-order valence-electron chi connectivity index (χ3n) is 1.76. The van der Waals surface area contributed by atoms with E-state index in [0.29, 0.717) is 9.92 Å². The van der Waals surface area contributed by atoms with E-state index >= 15 is 0 Å². The molecule has 82 valence electrons. The highest BCUT2D eigenvalue weighted by atomic mass is 32.2. The van der Waals surface area contributed by atoms with Gasteiger partial charge in [-0.05, 0) is 18.2 Å². The number of benzene rings is 1. The first-order valence-electron chi connectivity index (χ1n) is 4.36. The highest BCUT2D eigenvalue weighted by Crippen LogP contribution is 2.28. The lowest BCUT2D eigenvalue weighted by molar-refractivity contribution is 0.565. The van der Waals surface area contributed by atoms with Gasteiger partial charge >= 0.3 is 0 Å². The number of aromatic nitrogens is 2. The SMILES string of the molecule is Nc1nccc(Sc2ccc(F)cc2F)n1. The fourth-order valence-corrected chi connectivity index (χ4v) is 1.87. The van der Waals surface area contributed by atoms with Gasteiger partial charge in [0.15, 0.2) is 0 Å². The second-order valence-electron chi connectivity index (χ2n) is 2.93. The van der Waals surface area contributed by atoms with Crippen LogP contribution in [0.2, 0.25) is 0 Å². The average Bonchev–Trinajstić information content (AvgIpc) is 2.22. The number of nitrogens with two attached hydrogens (primary N) is 1. The third kappa shape index (κ3) is 2.46. The summed E-state index contributed by atoms with van der Waals surface area (Å²) in [6, 6.07) is 4.97. The molecule has 0 aliphatic heterocycles. The number of halogens is 2. The van der Waals surface area contributed by atoms with Crippen molar-refractivity contribution >= 4 is 17.7 Å². The summed E-state index contributed by atoms with van der Waals surface area (Å²) < 4.78 is 26.0. The summed E-state index contributed by atoms with van der Waals surface area (Å²) in [6.07, 6.45) is 1.48. The number of hydrogen-bond donors (Lipinski definition) is 1. The van der Waals surface area contributed by atoms with Crippen LogP contribution in [0, 0.1) is 11.6 Å². The highest BCUT2D eigenvalue weighted by Gasteiger charge is 2.06. The van der Waals surface area contributed by atoms with Gasteiger partial charge in [0.1, 0.15) is 16.7 Å². The lowest BCUT2D eigenvalue weighted by Gasteiger charge is -2.02. The molecule has 0 bridgehead atoms. The first kappa shape index (κ1) is 10.8. The Balaban J connectivity index is 2.27. The Morgan fingerprint density at radius 3 is 2.69 bits per heavy atom. The normalized spacial score (nSPS) is 10.4. The van der Waals surface area contributed by atoms with Crippen molar-refractivity contribution in [2.45, 2.75) is 9.92 Å². The van der Waals surface area contributed by atoms with Crippen LogP contribution in [0.15, 0.2) is 40.4 Å². The molecule has 6 heteroatoms. The van der Waals surface area contributed by atoms with Crippen LogP contribution in [-0.4, -0.2) is 9.97 Å². The molecule has 1 heterocycles. The summed E-state index contributed by atoms with van der Waals surface area (Å²) in [4.78, 5) is 7.91. The molecule has 0 aliphatic carbocycles. The predicted molar refractivity (Wildman–Crippen MR) is 56.9 cm³/mol. The molecule has 1 aromatic heterocycles. The number of hydrogen-bond acceptors (Lipinski definition) is 4. The molecule has 0 aliphatic rings. The van der Waals surface area contributed by atoms with Crippen LogP contribution in [0.25, 0.3) is 0 Å². The van der Waals surface area contributed by atoms with Crippen molar-refractivity contribution in [2.24, 2.45) is 0 Å². The van der Waals surface area contributed by atoms with E-state index in [1.54, 1.807) is 6.07 Å². The van der Waals surface area contributed by atoms with Crippen molar-refractivity contribution in [2.75, 3.05) is 5.73 Å². The molecular weight excluding hydrogens is 232 g/mol. The summed E-state index contributed by atoms with van der Waals surface area (Å²) in [5, 5.41) is 0.512. The number of nitrogen functional groups attached to an aromatic ring is 1. The number of nitrogens with zero attached hydrogens (tertiary/aromatic N) is 2. The molecule has 0 unspecified atom stereocenters. The summed E-state index contributed by atoms with van der Waals surface area (Å²) in [6.45, 7) is 0. The van der Waals surface area contributed by atoms with E-state index in [1.807, 2.05) is 0 Å². The smallest absolute Gasteiger partial charge is 0.221 e. The molecule has 0 spiro atoms. The molecule has 0 atom stereocenters. The van der Waals surface area contributed by atoms with Crippen molar-refractivity contribution < 1.29 is 8.78 Å². The molecule has 2 aromatic rings. The number of anilines is 1.